The fraction of sp³-hybridized carbons (Fsp3) is 0.0714. The van der Waals surface area contributed by atoms with Crippen molar-refractivity contribution in [3.63, 3.8) is 0 Å². The van der Waals surface area contributed by atoms with Gasteiger partial charge in [0.2, 0.25) is 5.91 Å². The number of aromatic hydroxyl groups is 1. The first-order valence-corrected chi connectivity index (χ1v) is 8.03. The fourth-order valence-corrected chi connectivity index (χ4v) is 2.95. The molecule has 0 unspecified atom stereocenters. The van der Waals surface area contributed by atoms with Gasteiger partial charge in [0.05, 0.1) is 10.6 Å². The largest absolute Gasteiger partial charge is 0.506 e. The van der Waals surface area contributed by atoms with E-state index in [4.69, 9.17) is 11.6 Å². The number of phenolic OH excluding ortho intramolecular Hbond substituents is 1. The molecule has 0 aliphatic rings. The molecule has 0 atom stereocenters. The number of anilines is 2. The van der Waals surface area contributed by atoms with E-state index in [1.165, 1.54) is 49.4 Å². The molecule has 0 saturated carbocycles. The minimum atomic E-state index is -3.88. The van der Waals surface area contributed by atoms with Crippen molar-refractivity contribution in [2.24, 2.45) is 0 Å². The summed E-state index contributed by atoms with van der Waals surface area (Å²) in [5.74, 6) is -0.486. The third-order valence-corrected chi connectivity index (χ3v) is 4.30. The van der Waals surface area contributed by atoms with Crippen LogP contribution in [0, 0.1) is 0 Å². The highest BCUT2D eigenvalue weighted by atomic mass is 35.5. The SMILES string of the molecule is CC(=O)Nc1ccc(S(=O)(=O)Nc2cc(Cl)ccc2O)cc1. The normalized spacial score (nSPS) is 11.0. The quantitative estimate of drug-likeness (QED) is 0.746. The van der Waals surface area contributed by atoms with E-state index in [2.05, 4.69) is 10.0 Å². The standard InChI is InChI=1S/C14H13ClN2O4S/c1-9(18)16-11-3-5-12(6-4-11)22(20,21)17-13-8-10(15)2-7-14(13)19/h2-8,17,19H,1H3,(H,16,18). The summed E-state index contributed by atoms with van der Waals surface area (Å²) in [6.07, 6.45) is 0. The first-order chi connectivity index (χ1) is 10.3. The first-order valence-electron chi connectivity index (χ1n) is 6.17. The Morgan fingerprint density at radius 3 is 2.36 bits per heavy atom. The lowest BCUT2D eigenvalue weighted by Crippen LogP contribution is -2.13. The van der Waals surface area contributed by atoms with Crippen LogP contribution < -0.4 is 10.0 Å². The molecule has 0 fully saturated rings. The number of halogens is 1. The van der Waals surface area contributed by atoms with E-state index in [1.54, 1.807) is 0 Å². The predicted molar refractivity (Wildman–Crippen MR) is 84.7 cm³/mol. The van der Waals surface area contributed by atoms with Gasteiger partial charge < -0.3 is 10.4 Å². The van der Waals surface area contributed by atoms with Crippen molar-refractivity contribution in [3.8, 4) is 5.75 Å². The second kappa shape index (κ2) is 6.25. The monoisotopic (exact) mass is 340 g/mol. The number of carbonyl (C=O) groups is 1. The smallest absolute Gasteiger partial charge is 0.262 e. The number of hydrogen-bond donors (Lipinski definition) is 3. The minimum absolute atomic E-state index is 0.0130. The summed E-state index contributed by atoms with van der Waals surface area (Å²) >= 11 is 5.77. The van der Waals surface area contributed by atoms with Crippen LogP contribution >= 0.6 is 11.6 Å². The summed E-state index contributed by atoms with van der Waals surface area (Å²) in [5, 5.41) is 12.5. The van der Waals surface area contributed by atoms with Gasteiger partial charge in [-0.1, -0.05) is 11.6 Å². The molecule has 0 aliphatic heterocycles. The number of rotatable bonds is 4. The zero-order chi connectivity index (χ0) is 16.3. The summed E-state index contributed by atoms with van der Waals surface area (Å²) in [6.45, 7) is 1.36. The molecule has 2 rings (SSSR count). The van der Waals surface area contributed by atoms with Gasteiger partial charge in [-0.2, -0.15) is 0 Å². The summed E-state index contributed by atoms with van der Waals surface area (Å²) in [5.41, 5.74) is 0.468. The van der Waals surface area contributed by atoms with Crippen molar-refractivity contribution in [1.82, 2.24) is 0 Å². The summed E-state index contributed by atoms with van der Waals surface area (Å²) in [4.78, 5) is 10.9. The average molecular weight is 341 g/mol. The highest BCUT2D eigenvalue weighted by Gasteiger charge is 2.16. The van der Waals surface area contributed by atoms with E-state index in [-0.39, 0.29) is 27.3 Å². The lowest BCUT2D eigenvalue weighted by Gasteiger charge is -2.10. The van der Waals surface area contributed by atoms with Crippen LogP contribution in [0.2, 0.25) is 5.02 Å². The molecule has 0 bridgehead atoms. The Morgan fingerprint density at radius 1 is 1.14 bits per heavy atom. The minimum Gasteiger partial charge on any atom is -0.506 e. The van der Waals surface area contributed by atoms with Gasteiger partial charge >= 0.3 is 0 Å². The Balaban J connectivity index is 2.26. The van der Waals surface area contributed by atoms with Crippen LogP contribution in [0.3, 0.4) is 0 Å². The Morgan fingerprint density at radius 2 is 1.77 bits per heavy atom. The van der Waals surface area contributed by atoms with Crippen LogP contribution in [0.5, 0.6) is 5.75 Å². The van der Waals surface area contributed by atoms with Gasteiger partial charge in [-0.15, -0.1) is 0 Å². The highest BCUT2D eigenvalue weighted by Crippen LogP contribution is 2.29. The average Bonchev–Trinajstić information content (AvgIpc) is 2.42. The van der Waals surface area contributed by atoms with E-state index in [9.17, 15) is 18.3 Å². The van der Waals surface area contributed by atoms with Crippen molar-refractivity contribution in [2.75, 3.05) is 10.0 Å². The van der Waals surface area contributed by atoms with Gasteiger partial charge in [0, 0.05) is 17.6 Å². The molecule has 116 valence electrons. The molecule has 0 saturated heterocycles. The molecular formula is C14H13ClN2O4S. The van der Waals surface area contributed by atoms with Gasteiger partial charge in [0.25, 0.3) is 10.0 Å². The molecule has 0 aliphatic carbocycles. The molecule has 22 heavy (non-hydrogen) atoms. The van der Waals surface area contributed by atoms with Gasteiger partial charge in [0.1, 0.15) is 5.75 Å². The topological polar surface area (TPSA) is 95.5 Å². The number of carbonyl (C=O) groups excluding carboxylic acids is 1. The molecule has 6 nitrogen and oxygen atoms in total. The molecular weight excluding hydrogens is 328 g/mol. The number of nitrogens with one attached hydrogen (secondary N) is 2. The summed E-state index contributed by atoms with van der Waals surface area (Å²) in [6, 6.07) is 9.66. The van der Waals surface area contributed by atoms with E-state index in [1.807, 2.05) is 0 Å². The lowest BCUT2D eigenvalue weighted by atomic mass is 10.3. The molecule has 0 spiro atoms. The summed E-state index contributed by atoms with van der Waals surface area (Å²) < 4.78 is 26.7. The van der Waals surface area contributed by atoms with Crippen molar-refractivity contribution in [3.05, 3.63) is 47.5 Å². The van der Waals surface area contributed by atoms with Crippen molar-refractivity contribution in [1.29, 1.82) is 0 Å². The van der Waals surface area contributed by atoms with Crippen LogP contribution in [0.4, 0.5) is 11.4 Å². The fourth-order valence-electron chi connectivity index (χ4n) is 1.71. The Kier molecular flexibility index (Phi) is 4.58. The van der Waals surface area contributed by atoms with Crippen LogP contribution in [0.15, 0.2) is 47.4 Å². The zero-order valence-electron chi connectivity index (χ0n) is 11.5. The van der Waals surface area contributed by atoms with Crippen LogP contribution in [0.1, 0.15) is 6.92 Å². The van der Waals surface area contributed by atoms with Crippen LogP contribution in [-0.4, -0.2) is 19.4 Å². The number of amides is 1. The Labute approximate surface area is 132 Å². The second-order valence-electron chi connectivity index (χ2n) is 4.47. The second-order valence-corrected chi connectivity index (χ2v) is 6.59. The number of benzene rings is 2. The molecule has 1 amide bonds. The number of hydrogen-bond acceptors (Lipinski definition) is 4. The Bertz CT molecular complexity index is 804. The van der Waals surface area contributed by atoms with Crippen molar-refractivity contribution >= 4 is 38.9 Å². The molecule has 2 aromatic rings. The van der Waals surface area contributed by atoms with Crippen molar-refractivity contribution in [2.45, 2.75) is 11.8 Å². The predicted octanol–water partition coefficient (Wildman–Crippen LogP) is 2.80. The van der Waals surface area contributed by atoms with Gasteiger partial charge in [0.15, 0.2) is 0 Å². The maximum atomic E-state index is 12.2. The number of phenols is 1. The molecule has 2 aromatic carbocycles. The molecule has 3 N–H and O–H groups in total. The molecule has 0 heterocycles. The van der Waals surface area contributed by atoms with E-state index in [0.717, 1.165) is 0 Å². The zero-order valence-corrected chi connectivity index (χ0v) is 13.1. The van der Waals surface area contributed by atoms with Crippen LogP contribution in [-0.2, 0) is 14.8 Å². The van der Waals surface area contributed by atoms with E-state index >= 15 is 0 Å². The summed E-state index contributed by atoms with van der Waals surface area (Å²) in [7, 11) is -3.88. The number of sulfonamides is 1. The third-order valence-electron chi connectivity index (χ3n) is 2.69. The third kappa shape index (κ3) is 3.90. The van der Waals surface area contributed by atoms with Gasteiger partial charge in [-0.3, -0.25) is 9.52 Å². The maximum absolute atomic E-state index is 12.2. The maximum Gasteiger partial charge on any atom is 0.262 e. The van der Waals surface area contributed by atoms with E-state index in [0.29, 0.717) is 5.69 Å². The highest BCUT2D eigenvalue weighted by molar-refractivity contribution is 7.92. The molecule has 0 aromatic heterocycles. The van der Waals surface area contributed by atoms with Crippen molar-refractivity contribution < 1.29 is 18.3 Å². The lowest BCUT2D eigenvalue weighted by molar-refractivity contribution is -0.114. The first kappa shape index (κ1) is 16.1. The van der Waals surface area contributed by atoms with E-state index < -0.39 is 10.0 Å². The van der Waals surface area contributed by atoms with Crippen LogP contribution in [0.25, 0.3) is 0 Å². The van der Waals surface area contributed by atoms with Gasteiger partial charge in [-0.05, 0) is 42.5 Å². The molecule has 0 radical (unpaired) electrons. The van der Waals surface area contributed by atoms with Gasteiger partial charge in [-0.25, -0.2) is 8.42 Å². The Hall–Kier alpha value is -2.25. The molecule has 8 heteroatoms.